The van der Waals surface area contributed by atoms with Crippen LogP contribution in [0.4, 0.5) is 0 Å². The van der Waals surface area contributed by atoms with E-state index in [2.05, 4.69) is 9.59 Å². The van der Waals surface area contributed by atoms with Crippen LogP contribution >= 0.6 is 23.1 Å². The van der Waals surface area contributed by atoms with E-state index in [0.29, 0.717) is 17.1 Å². The molecule has 1 aromatic carbocycles. The molecule has 2 rings (SSSR count). The highest BCUT2D eigenvalue weighted by atomic mass is 35.5. The van der Waals surface area contributed by atoms with Gasteiger partial charge in [0.2, 0.25) is 0 Å². The normalized spacial score (nSPS) is 12.7. The molecule has 0 spiro atoms. The van der Waals surface area contributed by atoms with Crippen LogP contribution in [0.5, 0.6) is 0 Å². The van der Waals surface area contributed by atoms with Crippen molar-refractivity contribution in [3.8, 4) is 0 Å². The van der Waals surface area contributed by atoms with Gasteiger partial charge in [0, 0.05) is 16.8 Å². The van der Waals surface area contributed by atoms with Crippen LogP contribution in [0.15, 0.2) is 29.6 Å². The molecule has 3 nitrogen and oxygen atoms in total. The summed E-state index contributed by atoms with van der Waals surface area (Å²) in [5, 5.41) is 16.1. The molecule has 0 amide bonds. The first-order chi connectivity index (χ1) is 7.27. The molecule has 0 radical (unpaired) electrons. The van der Waals surface area contributed by atoms with E-state index in [-0.39, 0.29) is 0 Å². The lowest BCUT2D eigenvalue weighted by Crippen LogP contribution is -2.02. The summed E-state index contributed by atoms with van der Waals surface area (Å²) >= 11 is 7.21. The number of aliphatic hydroxyl groups excluding tert-OH is 1. The van der Waals surface area contributed by atoms with Gasteiger partial charge < -0.3 is 5.11 Å². The molecule has 0 aliphatic heterocycles. The van der Waals surface area contributed by atoms with Crippen molar-refractivity contribution in [2.75, 3.05) is 0 Å². The highest BCUT2D eigenvalue weighted by molar-refractivity contribution is 7.03. The minimum Gasteiger partial charge on any atom is -0.386 e. The van der Waals surface area contributed by atoms with Gasteiger partial charge in [-0.15, -0.1) is 5.10 Å². The Balaban J connectivity index is 2.13. The van der Waals surface area contributed by atoms with Crippen molar-refractivity contribution in [3.05, 3.63) is 45.9 Å². The van der Waals surface area contributed by atoms with Crippen LogP contribution in [0.2, 0.25) is 5.02 Å². The van der Waals surface area contributed by atoms with Gasteiger partial charge in [0.05, 0.1) is 0 Å². The Bertz CT molecular complexity index is 433. The summed E-state index contributed by atoms with van der Waals surface area (Å²) in [6.45, 7) is 0. The molecular formula is C10H9ClN2OS. The molecule has 0 fully saturated rings. The first-order valence-corrected chi connectivity index (χ1v) is 5.67. The number of aliphatic hydroxyl groups is 1. The Morgan fingerprint density at radius 1 is 1.40 bits per heavy atom. The molecule has 15 heavy (non-hydrogen) atoms. The SMILES string of the molecule is OC(Cc1ccccc1Cl)c1csnn1. The number of nitrogens with zero attached hydrogens (tertiary/aromatic N) is 2. The Labute approximate surface area is 96.5 Å². The predicted molar refractivity (Wildman–Crippen MR) is 60.0 cm³/mol. The minimum atomic E-state index is -0.636. The lowest BCUT2D eigenvalue weighted by molar-refractivity contribution is 0.173. The van der Waals surface area contributed by atoms with Gasteiger partial charge in [-0.3, -0.25) is 0 Å². The van der Waals surface area contributed by atoms with Gasteiger partial charge in [0.1, 0.15) is 11.8 Å². The maximum Gasteiger partial charge on any atom is 0.104 e. The van der Waals surface area contributed by atoms with Gasteiger partial charge in [0.15, 0.2) is 0 Å². The number of aromatic nitrogens is 2. The first kappa shape index (κ1) is 10.5. The topological polar surface area (TPSA) is 46.0 Å². The van der Waals surface area contributed by atoms with Crippen molar-refractivity contribution in [2.24, 2.45) is 0 Å². The maximum absolute atomic E-state index is 9.83. The summed E-state index contributed by atoms with van der Waals surface area (Å²) in [7, 11) is 0. The first-order valence-electron chi connectivity index (χ1n) is 4.46. The van der Waals surface area contributed by atoms with E-state index >= 15 is 0 Å². The largest absolute Gasteiger partial charge is 0.386 e. The molecule has 1 aromatic heterocycles. The third kappa shape index (κ3) is 2.53. The average Bonchev–Trinajstić information content (AvgIpc) is 2.74. The Hall–Kier alpha value is -0.970. The summed E-state index contributed by atoms with van der Waals surface area (Å²) in [5.41, 5.74) is 1.51. The molecule has 0 bridgehead atoms. The van der Waals surface area contributed by atoms with Crippen molar-refractivity contribution < 1.29 is 5.11 Å². The van der Waals surface area contributed by atoms with Crippen LogP contribution in [-0.2, 0) is 6.42 Å². The molecule has 0 saturated heterocycles. The molecule has 0 aliphatic rings. The number of hydrogen-bond acceptors (Lipinski definition) is 4. The summed E-state index contributed by atoms with van der Waals surface area (Å²) in [6.07, 6.45) is -0.172. The lowest BCUT2D eigenvalue weighted by atomic mass is 10.1. The van der Waals surface area contributed by atoms with Gasteiger partial charge in [-0.1, -0.05) is 34.3 Å². The summed E-state index contributed by atoms with van der Waals surface area (Å²) in [4.78, 5) is 0. The molecule has 0 saturated carbocycles. The van der Waals surface area contributed by atoms with E-state index in [0.717, 1.165) is 5.56 Å². The third-order valence-corrected chi connectivity index (χ3v) is 2.98. The van der Waals surface area contributed by atoms with E-state index in [1.165, 1.54) is 11.5 Å². The Morgan fingerprint density at radius 2 is 2.20 bits per heavy atom. The average molecular weight is 241 g/mol. The van der Waals surface area contributed by atoms with Crippen molar-refractivity contribution in [3.63, 3.8) is 0 Å². The van der Waals surface area contributed by atoms with Crippen molar-refractivity contribution in [1.82, 2.24) is 9.59 Å². The summed E-state index contributed by atoms with van der Waals surface area (Å²) < 4.78 is 3.71. The second kappa shape index (κ2) is 4.70. The highest BCUT2D eigenvalue weighted by Gasteiger charge is 2.12. The van der Waals surface area contributed by atoms with Crippen molar-refractivity contribution in [2.45, 2.75) is 12.5 Å². The number of halogens is 1. The number of rotatable bonds is 3. The number of benzene rings is 1. The van der Waals surface area contributed by atoms with Crippen LogP contribution in [0.1, 0.15) is 17.4 Å². The fourth-order valence-corrected chi connectivity index (χ4v) is 2.01. The van der Waals surface area contributed by atoms with Crippen LogP contribution in [0.25, 0.3) is 0 Å². The minimum absolute atomic E-state index is 0.463. The van der Waals surface area contributed by atoms with E-state index in [1.807, 2.05) is 24.3 Å². The standard InChI is InChI=1S/C10H9ClN2OS/c11-8-4-2-1-3-7(8)5-10(14)9-6-15-13-12-9/h1-4,6,10,14H,5H2. The molecule has 1 unspecified atom stereocenters. The lowest BCUT2D eigenvalue weighted by Gasteiger charge is -2.08. The predicted octanol–water partition coefficient (Wildman–Crippen LogP) is 2.47. The van der Waals surface area contributed by atoms with Crippen LogP contribution in [0.3, 0.4) is 0 Å². The van der Waals surface area contributed by atoms with E-state index in [1.54, 1.807) is 5.38 Å². The molecule has 1 heterocycles. The van der Waals surface area contributed by atoms with E-state index in [9.17, 15) is 5.11 Å². The summed E-state index contributed by atoms with van der Waals surface area (Å²) in [5.74, 6) is 0. The molecule has 78 valence electrons. The molecule has 1 atom stereocenters. The Kier molecular flexibility index (Phi) is 3.30. The smallest absolute Gasteiger partial charge is 0.104 e. The van der Waals surface area contributed by atoms with E-state index in [4.69, 9.17) is 11.6 Å². The quantitative estimate of drug-likeness (QED) is 0.897. The molecule has 2 aromatic rings. The van der Waals surface area contributed by atoms with Gasteiger partial charge in [0.25, 0.3) is 0 Å². The zero-order chi connectivity index (χ0) is 10.7. The van der Waals surface area contributed by atoms with Crippen LogP contribution in [0, 0.1) is 0 Å². The fraction of sp³-hybridized carbons (Fsp3) is 0.200. The fourth-order valence-electron chi connectivity index (χ4n) is 1.29. The third-order valence-electron chi connectivity index (χ3n) is 2.09. The molecule has 0 aliphatic carbocycles. The second-order valence-electron chi connectivity index (χ2n) is 3.14. The zero-order valence-corrected chi connectivity index (χ0v) is 9.37. The molecular weight excluding hydrogens is 232 g/mol. The van der Waals surface area contributed by atoms with Gasteiger partial charge in [-0.05, 0) is 23.2 Å². The second-order valence-corrected chi connectivity index (χ2v) is 4.16. The van der Waals surface area contributed by atoms with Gasteiger partial charge in [-0.25, -0.2) is 0 Å². The van der Waals surface area contributed by atoms with E-state index < -0.39 is 6.10 Å². The molecule has 5 heteroatoms. The highest BCUT2D eigenvalue weighted by Crippen LogP contribution is 2.22. The van der Waals surface area contributed by atoms with Gasteiger partial charge >= 0.3 is 0 Å². The number of hydrogen-bond donors (Lipinski definition) is 1. The van der Waals surface area contributed by atoms with Crippen molar-refractivity contribution >= 4 is 23.1 Å². The zero-order valence-electron chi connectivity index (χ0n) is 7.80. The van der Waals surface area contributed by atoms with Crippen molar-refractivity contribution in [1.29, 1.82) is 0 Å². The van der Waals surface area contributed by atoms with Gasteiger partial charge in [-0.2, -0.15) is 0 Å². The summed E-state index contributed by atoms with van der Waals surface area (Å²) in [6, 6.07) is 7.46. The monoisotopic (exact) mass is 240 g/mol. The van der Waals surface area contributed by atoms with Crippen LogP contribution in [-0.4, -0.2) is 14.7 Å². The van der Waals surface area contributed by atoms with Crippen LogP contribution < -0.4 is 0 Å². The maximum atomic E-state index is 9.83. The molecule has 1 N–H and O–H groups in total. The Morgan fingerprint density at radius 3 is 2.87 bits per heavy atom.